The molecule has 1 aromatic rings. The van der Waals surface area contributed by atoms with Crippen molar-refractivity contribution in [2.75, 3.05) is 26.8 Å². The molecule has 1 aliphatic rings. The van der Waals surface area contributed by atoms with Gasteiger partial charge in [0, 0.05) is 25.1 Å². The van der Waals surface area contributed by atoms with Crippen molar-refractivity contribution >= 4 is 0 Å². The Labute approximate surface area is 109 Å². The maximum absolute atomic E-state index is 9.32. The van der Waals surface area contributed by atoms with E-state index in [2.05, 4.69) is 24.1 Å². The monoisotopic (exact) mass is 249 g/mol. The largest absolute Gasteiger partial charge is 0.494 e. The highest BCUT2D eigenvalue weighted by Gasteiger charge is 2.42. The molecular formula is C15H23NO2. The second-order valence-corrected chi connectivity index (χ2v) is 5.41. The van der Waals surface area contributed by atoms with Gasteiger partial charge in [-0.15, -0.1) is 0 Å². The van der Waals surface area contributed by atoms with Gasteiger partial charge in [-0.1, -0.05) is 12.1 Å². The highest BCUT2D eigenvalue weighted by atomic mass is 16.5. The summed E-state index contributed by atoms with van der Waals surface area (Å²) < 4.78 is 5.43. The van der Waals surface area contributed by atoms with Gasteiger partial charge in [0.15, 0.2) is 0 Å². The van der Waals surface area contributed by atoms with Crippen LogP contribution in [-0.4, -0.2) is 36.8 Å². The number of ether oxygens (including phenoxy) is 1. The second-order valence-electron chi connectivity index (χ2n) is 5.41. The molecular weight excluding hydrogens is 226 g/mol. The fourth-order valence-electron chi connectivity index (χ4n) is 2.34. The van der Waals surface area contributed by atoms with Crippen molar-refractivity contribution in [1.29, 1.82) is 0 Å². The molecule has 1 N–H and O–H groups in total. The molecule has 1 fully saturated rings. The maximum Gasteiger partial charge on any atom is 0.119 e. The first-order valence-corrected chi connectivity index (χ1v) is 6.68. The first kappa shape index (κ1) is 13.4. The lowest BCUT2D eigenvalue weighted by molar-refractivity contribution is 0.161. The molecule has 0 heterocycles. The van der Waals surface area contributed by atoms with Crippen LogP contribution in [0.2, 0.25) is 0 Å². The van der Waals surface area contributed by atoms with E-state index in [4.69, 9.17) is 4.74 Å². The smallest absolute Gasteiger partial charge is 0.119 e. The molecule has 1 aromatic carbocycles. The average Bonchev–Trinajstić information content (AvgIpc) is 3.12. The lowest BCUT2D eigenvalue weighted by atomic mass is 10.1. The summed E-state index contributed by atoms with van der Waals surface area (Å²) in [5, 5.41) is 9.32. The summed E-state index contributed by atoms with van der Waals surface area (Å²) in [6.45, 7) is 4.93. The van der Waals surface area contributed by atoms with Crippen LogP contribution in [0.15, 0.2) is 24.3 Å². The van der Waals surface area contributed by atoms with Gasteiger partial charge in [0.1, 0.15) is 5.75 Å². The fraction of sp³-hybridized carbons (Fsp3) is 0.600. The van der Waals surface area contributed by atoms with Gasteiger partial charge in [-0.25, -0.2) is 0 Å². The van der Waals surface area contributed by atoms with Gasteiger partial charge in [-0.05, 0) is 44.5 Å². The van der Waals surface area contributed by atoms with Gasteiger partial charge in [0.05, 0.1) is 6.61 Å². The molecule has 1 saturated carbocycles. The lowest BCUT2D eigenvalue weighted by Crippen LogP contribution is -2.28. The zero-order chi connectivity index (χ0) is 13.0. The quantitative estimate of drug-likeness (QED) is 0.805. The average molecular weight is 249 g/mol. The minimum absolute atomic E-state index is 0.194. The summed E-state index contributed by atoms with van der Waals surface area (Å²) in [7, 11) is 2.12. The summed E-state index contributed by atoms with van der Waals surface area (Å²) in [5.41, 5.74) is 1.48. The van der Waals surface area contributed by atoms with Gasteiger partial charge in [0.25, 0.3) is 0 Å². The Hall–Kier alpha value is -1.06. The first-order valence-electron chi connectivity index (χ1n) is 6.68. The van der Waals surface area contributed by atoms with E-state index in [1.54, 1.807) is 0 Å². The van der Waals surface area contributed by atoms with Gasteiger partial charge in [0.2, 0.25) is 0 Å². The van der Waals surface area contributed by atoms with E-state index in [9.17, 15) is 5.11 Å². The summed E-state index contributed by atoms with van der Waals surface area (Å²) in [5.74, 6) is 0.929. The van der Waals surface area contributed by atoms with Crippen molar-refractivity contribution in [2.45, 2.75) is 26.3 Å². The van der Waals surface area contributed by atoms with Gasteiger partial charge >= 0.3 is 0 Å². The van der Waals surface area contributed by atoms with Crippen molar-refractivity contribution in [3.05, 3.63) is 29.8 Å². The zero-order valence-electron chi connectivity index (χ0n) is 11.4. The maximum atomic E-state index is 9.32. The molecule has 3 nitrogen and oxygen atoms in total. The first-order chi connectivity index (χ1) is 8.67. The number of hydrogen-bond donors (Lipinski definition) is 1. The molecule has 1 aliphatic carbocycles. The summed E-state index contributed by atoms with van der Waals surface area (Å²) in [6, 6.07) is 8.26. The Bertz CT molecular complexity index is 371. The third-order valence-corrected chi connectivity index (χ3v) is 3.58. The molecule has 3 heteroatoms. The Morgan fingerprint density at radius 2 is 1.94 bits per heavy atom. The van der Waals surface area contributed by atoms with Gasteiger partial charge < -0.3 is 14.7 Å². The number of aliphatic hydroxyl groups is 1. The summed E-state index contributed by atoms with van der Waals surface area (Å²) >= 11 is 0. The SMILES string of the molecule is CCOc1ccc(CN(C)CC2(CO)CC2)cc1. The minimum Gasteiger partial charge on any atom is -0.494 e. The molecule has 2 rings (SSSR count). The standard InChI is InChI=1S/C15H23NO2/c1-3-18-14-6-4-13(5-7-14)10-16(2)11-15(12-17)8-9-15/h4-7,17H,3,8-12H2,1-2H3. The zero-order valence-corrected chi connectivity index (χ0v) is 11.4. The lowest BCUT2D eigenvalue weighted by Gasteiger charge is -2.22. The van der Waals surface area contributed by atoms with Crippen molar-refractivity contribution < 1.29 is 9.84 Å². The number of rotatable bonds is 7. The van der Waals surface area contributed by atoms with E-state index < -0.39 is 0 Å². The van der Waals surface area contributed by atoms with Crippen molar-refractivity contribution in [3.63, 3.8) is 0 Å². The molecule has 0 saturated heterocycles. The van der Waals surface area contributed by atoms with E-state index in [-0.39, 0.29) is 5.41 Å². The van der Waals surface area contributed by atoms with Crippen LogP contribution in [0, 0.1) is 5.41 Å². The summed E-state index contributed by atoms with van der Waals surface area (Å²) in [4.78, 5) is 2.29. The molecule has 0 aliphatic heterocycles. The summed E-state index contributed by atoms with van der Waals surface area (Å²) in [6.07, 6.45) is 2.33. The normalized spacial score (nSPS) is 16.9. The molecule has 0 unspecified atom stereocenters. The van der Waals surface area contributed by atoms with Crippen LogP contribution in [0.25, 0.3) is 0 Å². The minimum atomic E-state index is 0.194. The van der Waals surface area contributed by atoms with Crippen LogP contribution in [0.3, 0.4) is 0 Å². The van der Waals surface area contributed by atoms with E-state index in [1.807, 2.05) is 19.1 Å². The Morgan fingerprint density at radius 1 is 1.28 bits per heavy atom. The predicted molar refractivity (Wildman–Crippen MR) is 72.7 cm³/mol. The number of benzene rings is 1. The van der Waals surface area contributed by atoms with Crippen LogP contribution >= 0.6 is 0 Å². The molecule has 0 aromatic heterocycles. The van der Waals surface area contributed by atoms with Crippen LogP contribution in [-0.2, 0) is 6.54 Å². The Morgan fingerprint density at radius 3 is 2.44 bits per heavy atom. The van der Waals surface area contributed by atoms with Gasteiger partial charge in [-0.2, -0.15) is 0 Å². The predicted octanol–water partition coefficient (Wildman–Crippen LogP) is 2.29. The van der Waals surface area contributed by atoms with Gasteiger partial charge in [-0.3, -0.25) is 0 Å². The Balaban J connectivity index is 1.85. The van der Waals surface area contributed by atoms with E-state index in [0.717, 1.165) is 31.7 Å². The van der Waals surface area contributed by atoms with Crippen molar-refractivity contribution in [2.24, 2.45) is 5.41 Å². The second kappa shape index (κ2) is 5.72. The number of hydrogen-bond acceptors (Lipinski definition) is 3. The molecule has 18 heavy (non-hydrogen) atoms. The number of aliphatic hydroxyl groups excluding tert-OH is 1. The third kappa shape index (κ3) is 3.47. The Kier molecular flexibility index (Phi) is 4.25. The number of nitrogens with zero attached hydrogens (tertiary/aromatic N) is 1. The van der Waals surface area contributed by atoms with Crippen molar-refractivity contribution in [3.8, 4) is 5.75 Å². The van der Waals surface area contributed by atoms with Crippen LogP contribution in [0.5, 0.6) is 5.75 Å². The molecule has 100 valence electrons. The molecule has 0 spiro atoms. The van der Waals surface area contributed by atoms with Crippen LogP contribution in [0.1, 0.15) is 25.3 Å². The molecule has 0 radical (unpaired) electrons. The van der Waals surface area contributed by atoms with E-state index in [1.165, 1.54) is 5.56 Å². The molecule has 0 atom stereocenters. The highest BCUT2D eigenvalue weighted by molar-refractivity contribution is 5.27. The third-order valence-electron chi connectivity index (χ3n) is 3.58. The molecule has 0 amide bonds. The highest BCUT2D eigenvalue weighted by Crippen LogP contribution is 2.45. The van der Waals surface area contributed by atoms with E-state index in [0.29, 0.717) is 13.2 Å². The topological polar surface area (TPSA) is 32.7 Å². The fourth-order valence-corrected chi connectivity index (χ4v) is 2.34. The molecule has 0 bridgehead atoms. The van der Waals surface area contributed by atoms with Crippen molar-refractivity contribution in [1.82, 2.24) is 4.90 Å². The van der Waals surface area contributed by atoms with Crippen LogP contribution < -0.4 is 4.74 Å². The van der Waals surface area contributed by atoms with Crippen LogP contribution in [0.4, 0.5) is 0 Å². The van der Waals surface area contributed by atoms with E-state index >= 15 is 0 Å².